The van der Waals surface area contributed by atoms with Gasteiger partial charge in [-0.3, -0.25) is 19.8 Å². The maximum absolute atomic E-state index is 11.6. The molecule has 0 amide bonds. The van der Waals surface area contributed by atoms with Crippen molar-refractivity contribution in [3.63, 3.8) is 0 Å². The standard InChI is InChI=1S/C14H18N2O4/c1-10-4-3-7-15(9-10)13(14(17)18)11-5-2-6-12(8-11)16(19)20/h2,5-6,8,10,13H,3-4,7,9H2,1H3,(H,17,18). The Morgan fingerprint density at radius 2 is 2.30 bits per heavy atom. The molecule has 1 aliphatic heterocycles. The second-order valence-electron chi connectivity index (χ2n) is 5.34. The molecule has 0 spiro atoms. The van der Waals surface area contributed by atoms with Gasteiger partial charge >= 0.3 is 5.97 Å². The molecule has 6 nitrogen and oxygen atoms in total. The number of non-ortho nitro benzene ring substituents is 1. The quantitative estimate of drug-likeness (QED) is 0.675. The van der Waals surface area contributed by atoms with Crippen molar-refractivity contribution >= 4 is 11.7 Å². The van der Waals surface area contributed by atoms with Gasteiger partial charge in [0, 0.05) is 18.7 Å². The summed E-state index contributed by atoms with van der Waals surface area (Å²) in [4.78, 5) is 23.8. The Morgan fingerprint density at radius 1 is 1.55 bits per heavy atom. The highest BCUT2D eigenvalue weighted by molar-refractivity contribution is 5.76. The van der Waals surface area contributed by atoms with Gasteiger partial charge in [0.05, 0.1) is 4.92 Å². The molecule has 2 rings (SSSR count). The second-order valence-corrected chi connectivity index (χ2v) is 5.34. The van der Waals surface area contributed by atoms with Gasteiger partial charge < -0.3 is 5.11 Å². The van der Waals surface area contributed by atoms with Crippen LogP contribution in [0.4, 0.5) is 5.69 Å². The molecule has 0 bridgehead atoms. The molecule has 1 fully saturated rings. The number of carbonyl (C=O) groups is 1. The number of rotatable bonds is 4. The number of carboxylic acid groups (broad SMARTS) is 1. The molecule has 2 unspecified atom stereocenters. The number of nitro groups is 1. The molecule has 1 aromatic carbocycles. The van der Waals surface area contributed by atoms with Gasteiger partial charge in [0.2, 0.25) is 0 Å². The molecular formula is C14H18N2O4. The van der Waals surface area contributed by atoms with E-state index in [1.165, 1.54) is 18.2 Å². The van der Waals surface area contributed by atoms with Crippen molar-refractivity contribution in [1.29, 1.82) is 0 Å². The summed E-state index contributed by atoms with van der Waals surface area (Å²) < 4.78 is 0. The van der Waals surface area contributed by atoms with Gasteiger partial charge in [0.25, 0.3) is 5.69 Å². The summed E-state index contributed by atoms with van der Waals surface area (Å²) in [5.74, 6) is -0.510. The number of nitro benzene ring substituents is 1. The fraction of sp³-hybridized carbons (Fsp3) is 0.500. The predicted molar refractivity (Wildman–Crippen MR) is 73.4 cm³/mol. The molecule has 1 aliphatic rings. The van der Waals surface area contributed by atoms with E-state index in [1.807, 2.05) is 4.90 Å². The third-order valence-corrected chi connectivity index (χ3v) is 3.68. The monoisotopic (exact) mass is 278 g/mol. The Hall–Kier alpha value is -1.95. The molecule has 0 aliphatic carbocycles. The van der Waals surface area contributed by atoms with E-state index in [2.05, 4.69) is 6.92 Å². The summed E-state index contributed by atoms with van der Waals surface area (Å²) >= 11 is 0. The van der Waals surface area contributed by atoms with Gasteiger partial charge in [-0.2, -0.15) is 0 Å². The van der Waals surface area contributed by atoms with Crippen LogP contribution in [-0.2, 0) is 4.79 Å². The van der Waals surface area contributed by atoms with E-state index < -0.39 is 16.9 Å². The number of nitrogens with zero attached hydrogens (tertiary/aromatic N) is 2. The van der Waals surface area contributed by atoms with E-state index in [0.29, 0.717) is 24.6 Å². The number of piperidine rings is 1. The van der Waals surface area contributed by atoms with Crippen molar-refractivity contribution in [2.45, 2.75) is 25.8 Å². The zero-order chi connectivity index (χ0) is 14.7. The molecule has 1 heterocycles. The fourth-order valence-electron chi connectivity index (χ4n) is 2.78. The van der Waals surface area contributed by atoms with Crippen molar-refractivity contribution in [1.82, 2.24) is 4.90 Å². The molecule has 20 heavy (non-hydrogen) atoms. The molecule has 0 aromatic heterocycles. The topological polar surface area (TPSA) is 83.7 Å². The zero-order valence-electron chi connectivity index (χ0n) is 11.4. The van der Waals surface area contributed by atoms with Crippen LogP contribution < -0.4 is 0 Å². The van der Waals surface area contributed by atoms with Gasteiger partial charge in [0.15, 0.2) is 0 Å². The largest absolute Gasteiger partial charge is 0.480 e. The van der Waals surface area contributed by atoms with E-state index in [9.17, 15) is 20.0 Å². The molecule has 6 heteroatoms. The van der Waals surface area contributed by atoms with E-state index in [1.54, 1.807) is 6.07 Å². The molecule has 2 atom stereocenters. The summed E-state index contributed by atoms with van der Waals surface area (Å²) in [6.07, 6.45) is 2.05. The maximum Gasteiger partial charge on any atom is 0.325 e. The van der Waals surface area contributed by atoms with Gasteiger partial charge in [-0.15, -0.1) is 0 Å². The molecule has 1 N–H and O–H groups in total. The number of hydrogen-bond donors (Lipinski definition) is 1. The summed E-state index contributed by atoms with van der Waals surface area (Å²) in [7, 11) is 0. The lowest BCUT2D eigenvalue weighted by Gasteiger charge is -2.35. The lowest BCUT2D eigenvalue weighted by atomic mass is 9.96. The number of hydrogen-bond acceptors (Lipinski definition) is 4. The number of carboxylic acids is 1. The number of aliphatic carboxylic acids is 1. The Labute approximate surface area is 117 Å². The number of likely N-dealkylation sites (tertiary alicyclic amines) is 1. The van der Waals surface area contributed by atoms with Gasteiger partial charge in [-0.05, 0) is 30.9 Å². The highest BCUT2D eigenvalue weighted by Crippen LogP contribution is 2.28. The minimum absolute atomic E-state index is 0.0705. The highest BCUT2D eigenvalue weighted by atomic mass is 16.6. The van der Waals surface area contributed by atoms with Crippen LogP contribution in [0.25, 0.3) is 0 Å². The van der Waals surface area contributed by atoms with E-state index in [0.717, 1.165) is 12.8 Å². The van der Waals surface area contributed by atoms with E-state index >= 15 is 0 Å². The number of benzene rings is 1. The van der Waals surface area contributed by atoms with Crippen molar-refractivity contribution in [2.75, 3.05) is 13.1 Å². The average molecular weight is 278 g/mol. The Kier molecular flexibility index (Phi) is 4.34. The molecular weight excluding hydrogens is 260 g/mol. The van der Waals surface area contributed by atoms with Crippen LogP contribution in [0.5, 0.6) is 0 Å². The van der Waals surface area contributed by atoms with Crippen molar-refractivity contribution in [3.8, 4) is 0 Å². The third kappa shape index (κ3) is 3.14. The Bertz CT molecular complexity index is 518. The van der Waals surface area contributed by atoms with Crippen molar-refractivity contribution < 1.29 is 14.8 Å². The zero-order valence-corrected chi connectivity index (χ0v) is 11.4. The fourth-order valence-corrected chi connectivity index (χ4v) is 2.78. The Morgan fingerprint density at radius 3 is 2.90 bits per heavy atom. The SMILES string of the molecule is CC1CCCN(C(C(=O)O)c2cccc([N+](=O)[O-])c2)C1. The van der Waals surface area contributed by atoms with Crippen molar-refractivity contribution in [3.05, 3.63) is 39.9 Å². The molecule has 0 saturated carbocycles. The lowest BCUT2D eigenvalue weighted by molar-refractivity contribution is -0.384. The predicted octanol–water partition coefficient (Wildman–Crippen LogP) is 2.45. The normalized spacial score (nSPS) is 21.4. The maximum atomic E-state index is 11.6. The van der Waals surface area contributed by atoms with Crippen LogP contribution in [0.1, 0.15) is 31.4 Å². The third-order valence-electron chi connectivity index (χ3n) is 3.68. The van der Waals surface area contributed by atoms with Crippen LogP contribution in [0, 0.1) is 16.0 Å². The lowest BCUT2D eigenvalue weighted by Crippen LogP contribution is -2.40. The van der Waals surface area contributed by atoms with E-state index in [-0.39, 0.29) is 5.69 Å². The summed E-state index contributed by atoms with van der Waals surface area (Å²) in [6.45, 7) is 3.52. The first-order chi connectivity index (χ1) is 9.49. The van der Waals surface area contributed by atoms with Crippen LogP contribution in [-0.4, -0.2) is 34.0 Å². The second kappa shape index (κ2) is 6.00. The van der Waals surface area contributed by atoms with Crippen LogP contribution >= 0.6 is 0 Å². The molecule has 1 aromatic rings. The molecule has 108 valence electrons. The van der Waals surface area contributed by atoms with Crippen LogP contribution in [0.2, 0.25) is 0 Å². The van der Waals surface area contributed by atoms with Gasteiger partial charge in [0.1, 0.15) is 6.04 Å². The van der Waals surface area contributed by atoms with Crippen LogP contribution in [0.15, 0.2) is 24.3 Å². The minimum atomic E-state index is -0.959. The highest BCUT2D eigenvalue weighted by Gasteiger charge is 2.31. The minimum Gasteiger partial charge on any atom is -0.480 e. The average Bonchev–Trinajstić information content (AvgIpc) is 2.39. The van der Waals surface area contributed by atoms with E-state index in [4.69, 9.17) is 0 Å². The first kappa shape index (κ1) is 14.5. The van der Waals surface area contributed by atoms with Gasteiger partial charge in [-0.25, -0.2) is 0 Å². The summed E-state index contributed by atoms with van der Waals surface area (Å²) in [6, 6.07) is 5.11. The van der Waals surface area contributed by atoms with Gasteiger partial charge in [-0.1, -0.05) is 19.1 Å². The molecule has 1 saturated heterocycles. The van der Waals surface area contributed by atoms with Crippen LogP contribution in [0.3, 0.4) is 0 Å². The summed E-state index contributed by atoms with van der Waals surface area (Å²) in [5, 5.41) is 20.3. The first-order valence-electron chi connectivity index (χ1n) is 6.70. The Balaban J connectivity index is 2.30. The smallest absolute Gasteiger partial charge is 0.325 e. The first-order valence-corrected chi connectivity index (χ1v) is 6.70. The van der Waals surface area contributed by atoms with Crippen molar-refractivity contribution in [2.24, 2.45) is 5.92 Å². The summed E-state index contributed by atoms with van der Waals surface area (Å²) in [5.41, 5.74) is 0.402. The molecule has 0 radical (unpaired) electrons.